The number of pyridine rings is 1. The van der Waals surface area contributed by atoms with Gasteiger partial charge in [-0.2, -0.15) is 5.26 Å². The molecule has 2 heterocycles. The van der Waals surface area contributed by atoms with Crippen LogP contribution in [-0.2, 0) is 5.66 Å². The molecule has 2 atom stereocenters. The SMILES string of the molecule is CNC1(c2ccc(F)cc2)N=C(c2cccnc2)SC1C#N. The molecule has 0 aliphatic carbocycles. The molecule has 2 aromatic rings. The summed E-state index contributed by atoms with van der Waals surface area (Å²) in [7, 11) is 1.75. The number of hydrogen-bond donors (Lipinski definition) is 1. The van der Waals surface area contributed by atoms with Crippen LogP contribution in [-0.4, -0.2) is 22.3 Å². The van der Waals surface area contributed by atoms with Crippen LogP contribution in [0.5, 0.6) is 0 Å². The Balaban J connectivity index is 2.10. The molecule has 0 radical (unpaired) electrons. The molecule has 3 rings (SSSR count). The highest BCUT2D eigenvalue weighted by molar-refractivity contribution is 8.15. The number of rotatable bonds is 3. The van der Waals surface area contributed by atoms with E-state index in [2.05, 4.69) is 16.4 Å². The van der Waals surface area contributed by atoms with E-state index in [4.69, 9.17) is 4.99 Å². The molecule has 0 saturated heterocycles. The van der Waals surface area contributed by atoms with Gasteiger partial charge in [0.25, 0.3) is 0 Å². The molecule has 0 spiro atoms. The highest BCUT2D eigenvalue weighted by atomic mass is 32.2. The number of benzene rings is 1. The zero-order valence-electron chi connectivity index (χ0n) is 11.8. The average molecular weight is 312 g/mol. The van der Waals surface area contributed by atoms with E-state index in [0.717, 1.165) is 16.2 Å². The molecule has 1 aromatic heterocycles. The molecular formula is C16H13FN4S. The first kappa shape index (κ1) is 14.7. The largest absolute Gasteiger partial charge is 0.291 e. The van der Waals surface area contributed by atoms with Gasteiger partial charge in [-0.3, -0.25) is 10.3 Å². The quantitative estimate of drug-likeness (QED) is 0.946. The normalized spacial score (nSPS) is 23.9. The van der Waals surface area contributed by atoms with E-state index in [-0.39, 0.29) is 5.82 Å². The Kier molecular flexibility index (Phi) is 3.92. The van der Waals surface area contributed by atoms with E-state index < -0.39 is 10.9 Å². The van der Waals surface area contributed by atoms with Gasteiger partial charge in [-0.15, -0.1) is 0 Å². The molecule has 1 N–H and O–H groups in total. The third kappa shape index (κ3) is 2.39. The van der Waals surface area contributed by atoms with Crippen molar-refractivity contribution >= 4 is 16.8 Å². The van der Waals surface area contributed by atoms with Crippen LogP contribution >= 0.6 is 11.8 Å². The fourth-order valence-electron chi connectivity index (χ4n) is 2.43. The van der Waals surface area contributed by atoms with Crippen molar-refractivity contribution in [2.24, 2.45) is 4.99 Å². The van der Waals surface area contributed by atoms with Gasteiger partial charge in [-0.1, -0.05) is 23.9 Å². The maximum atomic E-state index is 13.2. The monoisotopic (exact) mass is 312 g/mol. The smallest absolute Gasteiger partial charge is 0.163 e. The second-order valence-corrected chi connectivity index (χ2v) is 5.90. The van der Waals surface area contributed by atoms with Gasteiger partial charge in [0, 0.05) is 18.0 Å². The zero-order chi connectivity index (χ0) is 15.6. The number of nitrogens with one attached hydrogen (secondary N) is 1. The maximum Gasteiger partial charge on any atom is 0.163 e. The van der Waals surface area contributed by atoms with Crippen molar-refractivity contribution in [2.45, 2.75) is 10.9 Å². The number of aliphatic imine (C=N–C) groups is 1. The van der Waals surface area contributed by atoms with Gasteiger partial charge in [0.2, 0.25) is 0 Å². The first-order chi connectivity index (χ1) is 10.7. The Bertz CT molecular complexity index is 739. The van der Waals surface area contributed by atoms with Crippen molar-refractivity contribution in [3.63, 3.8) is 0 Å². The van der Waals surface area contributed by atoms with Gasteiger partial charge < -0.3 is 0 Å². The molecule has 0 bridgehead atoms. The summed E-state index contributed by atoms with van der Waals surface area (Å²) in [5, 5.41) is 13.0. The summed E-state index contributed by atoms with van der Waals surface area (Å²) in [5.74, 6) is -0.314. The molecule has 1 aromatic carbocycles. The summed E-state index contributed by atoms with van der Waals surface area (Å²) in [4.78, 5) is 8.84. The number of halogens is 1. The van der Waals surface area contributed by atoms with Gasteiger partial charge in [-0.05, 0) is 36.9 Å². The second-order valence-electron chi connectivity index (χ2n) is 4.81. The molecule has 110 valence electrons. The minimum Gasteiger partial charge on any atom is -0.291 e. The topological polar surface area (TPSA) is 61.1 Å². The Hall–Kier alpha value is -2.23. The lowest BCUT2D eigenvalue weighted by atomic mass is 9.96. The summed E-state index contributed by atoms with van der Waals surface area (Å²) < 4.78 is 13.2. The molecule has 4 nitrogen and oxygen atoms in total. The van der Waals surface area contributed by atoms with Crippen molar-refractivity contribution in [1.82, 2.24) is 10.3 Å². The Morgan fingerprint density at radius 2 is 2.09 bits per heavy atom. The number of aromatic nitrogens is 1. The molecule has 2 unspecified atom stereocenters. The van der Waals surface area contributed by atoms with E-state index in [1.807, 2.05) is 12.1 Å². The molecule has 0 amide bonds. The lowest BCUT2D eigenvalue weighted by Gasteiger charge is -2.28. The third-order valence-corrected chi connectivity index (χ3v) is 4.81. The highest BCUT2D eigenvalue weighted by Crippen LogP contribution is 2.42. The van der Waals surface area contributed by atoms with Crippen LogP contribution in [0.4, 0.5) is 4.39 Å². The predicted molar refractivity (Wildman–Crippen MR) is 84.9 cm³/mol. The summed E-state index contributed by atoms with van der Waals surface area (Å²) in [6.07, 6.45) is 3.41. The van der Waals surface area contributed by atoms with Crippen LogP contribution in [0.1, 0.15) is 11.1 Å². The fourth-order valence-corrected chi connectivity index (χ4v) is 3.64. The summed E-state index contributed by atoms with van der Waals surface area (Å²) in [6.45, 7) is 0. The van der Waals surface area contributed by atoms with Crippen molar-refractivity contribution in [3.8, 4) is 6.07 Å². The van der Waals surface area contributed by atoms with Crippen molar-refractivity contribution in [3.05, 3.63) is 65.7 Å². The number of hydrogen-bond acceptors (Lipinski definition) is 5. The van der Waals surface area contributed by atoms with Gasteiger partial charge >= 0.3 is 0 Å². The van der Waals surface area contributed by atoms with Crippen LogP contribution in [0.3, 0.4) is 0 Å². The van der Waals surface area contributed by atoms with E-state index in [9.17, 15) is 9.65 Å². The molecule has 0 saturated carbocycles. The summed E-state index contributed by atoms with van der Waals surface area (Å²) in [5.41, 5.74) is 0.736. The first-order valence-electron chi connectivity index (χ1n) is 6.71. The van der Waals surface area contributed by atoms with E-state index in [0.29, 0.717) is 0 Å². The van der Waals surface area contributed by atoms with E-state index >= 15 is 0 Å². The van der Waals surface area contributed by atoms with Gasteiger partial charge in [0.15, 0.2) is 5.66 Å². The minimum atomic E-state index is -0.891. The lowest BCUT2D eigenvalue weighted by Crippen LogP contribution is -2.44. The minimum absolute atomic E-state index is 0.314. The molecule has 1 aliphatic rings. The van der Waals surface area contributed by atoms with Gasteiger partial charge in [0.1, 0.15) is 16.1 Å². The highest BCUT2D eigenvalue weighted by Gasteiger charge is 2.46. The summed E-state index contributed by atoms with van der Waals surface area (Å²) in [6, 6.07) is 12.1. The van der Waals surface area contributed by atoms with Crippen molar-refractivity contribution in [1.29, 1.82) is 5.26 Å². The Labute approximate surface area is 132 Å². The van der Waals surface area contributed by atoms with Crippen LogP contribution in [0.15, 0.2) is 53.8 Å². The average Bonchev–Trinajstić information content (AvgIpc) is 2.96. The third-order valence-electron chi connectivity index (χ3n) is 3.58. The molecule has 6 heteroatoms. The van der Waals surface area contributed by atoms with Crippen LogP contribution in [0.25, 0.3) is 0 Å². The number of thioether (sulfide) groups is 1. The van der Waals surface area contributed by atoms with Crippen LogP contribution in [0, 0.1) is 17.1 Å². The lowest BCUT2D eigenvalue weighted by molar-refractivity contribution is 0.404. The molecule has 0 fully saturated rings. The second kappa shape index (κ2) is 5.87. The maximum absolute atomic E-state index is 13.2. The van der Waals surface area contributed by atoms with E-state index in [1.165, 1.54) is 23.9 Å². The standard InChI is InChI=1S/C16H13FN4S/c1-19-16(12-4-6-13(17)7-5-12)14(9-18)22-15(21-16)11-3-2-8-20-10-11/h2-8,10,14,19H,1H3. The first-order valence-corrected chi connectivity index (χ1v) is 7.59. The van der Waals surface area contributed by atoms with Crippen LogP contribution < -0.4 is 5.32 Å². The van der Waals surface area contributed by atoms with Gasteiger partial charge in [-0.25, -0.2) is 9.38 Å². The van der Waals surface area contributed by atoms with Crippen molar-refractivity contribution in [2.75, 3.05) is 7.05 Å². The predicted octanol–water partition coefficient (Wildman–Crippen LogP) is 2.68. The number of nitrogens with zero attached hydrogens (tertiary/aromatic N) is 3. The molecule has 1 aliphatic heterocycles. The Morgan fingerprint density at radius 3 is 2.68 bits per heavy atom. The van der Waals surface area contributed by atoms with E-state index in [1.54, 1.807) is 31.6 Å². The van der Waals surface area contributed by atoms with Gasteiger partial charge in [0.05, 0.1) is 6.07 Å². The fraction of sp³-hybridized carbons (Fsp3) is 0.188. The Morgan fingerprint density at radius 1 is 1.32 bits per heavy atom. The van der Waals surface area contributed by atoms with Crippen molar-refractivity contribution < 1.29 is 4.39 Å². The summed E-state index contributed by atoms with van der Waals surface area (Å²) >= 11 is 1.39. The molecule has 22 heavy (non-hydrogen) atoms. The molecular weight excluding hydrogens is 299 g/mol. The van der Waals surface area contributed by atoms with Crippen LogP contribution in [0.2, 0.25) is 0 Å². The zero-order valence-corrected chi connectivity index (χ0v) is 12.6. The number of nitriles is 1.